The topological polar surface area (TPSA) is 46.9 Å². The van der Waals surface area contributed by atoms with Crippen LogP contribution in [0.5, 0.6) is 0 Å². The van der Waals surface area contributed by atoms with E-state index in [1.807, 2.05) is 43.7 Å². The molecule has 1 aromatic heterocycles. The number of halogens is 1. The fourth-order valence-corrected chi connectivity index (χ4v) is 2.57. The molecule has 0 aliphatic carbocycles. The molecule has 0 aliphatic rings. The van der Waals surface area contributed by atoms with Gasteiger partial charge in [0, 0.05) is 23.3 Å². The van der Waals surface area contributed by atoms with Crippen LogP contribution < -0.4 is 5.32 Å². The Hall–Kier alpha value is -2.33. The maximum Gasteiger partial charge on any atom is 0.255 e. The van der Waals surface area contributed by atoms with Crippen LogP contribution in [-0.2, 0) is 7.05 Å². The number of rotatable bonds is 2. The van der Waals surface area contributed by atoms with Gasteiger partial charge < -0.3 is 9.88 Å². The fourth-order valence-electron chi connectivity index (χ4n) is 2.40. The third-order valence-electron chi connectivity index (χ3n) is 3.88. The standard InChI is InChI=1S/C17H16ClN3O/c1-10-13(18)5-4-6-14(10)20-17(22)12-7-8-16-15(9-12)19-11(2)21(16)3/h4-9H,1-3H3,(H,20,22). The molecule has 0 bridgehead atoms. The average molecular weight is 314 g/mol. The molecule has 112 valence electrons. The Morgan fingerprint density at radius 1 is 1.23 bits per heavy atom. The summed E-state index contributed by atoms with van der Waals surface area (Å²) in [6.07, 6.45) is 0. The maximum absolute atomic E-state index is 12.4. The van der Waals surface area contributed by atoms with Crippen molar-refractivity contribution >= 4 is 34.2 Å². The van der Waals surface area contributed by atoms with Crippen LogP contribution in [0, 0.1) is 13.8 Å². The SMILES string of the molecule is Cc1c(Cl)cccc1NC(=O)c1ccc2c(c1)nc(C)n2C. The van der Waals surface area contributed by atoms with Gasteiger partial charge >= 0.3 is 0 Å². The van der Waals surface area contributed by atoms with Gasteiger partial charge in [-0.3, -0.25) is 4.79 Å². The van der Waals surface area contributed by atoms with E-state index in [4.69, 9.17) is 11.6 Å². The van der Waals surface area contributed by atoms with Gasteiger partial charge in [0.2, 0.25) is 0 Å². The summed E-state index contributed by atoms with van der Waals surface area (Å²) in [6, 6.07) is 11.0. The number of amides is 1. The van der Waals surface area contributed by atoms with Gasteiger partial charge in [0.05, 0.1) is 11.0 Å². The van der Waals surface area contributed by atoms with E-state index in [0.29, 0.717) is 10.6 Å². The summed E-state index contributed by atoms with van der Waals surface area (Å²) in [5, 5.41) is 3.53. The minimum absolute atomic E-state index is 0.171. The number of carbonyl (C=O) groups excluding carboxylic acids is 1. The lowest BCUT2D eigenvalue weighted by molar-refractivity contribution is 0.102. The number of nitrogens with one attached hydrogen (secondary N) is 1. The molecule has 1 N–H and O–H groups in total. The van der Waals surface area contributed by atoms with Crippen LogP contribution in [0.25, 0.3) is 11.0 Å². The van der Waals surface area contributed by atoms with Gasteiger partial charge in [-0.1, -0.05) is 17.7 Å². The molecule has 3 rings (SSSR count). The Morgan fingerprint density at radius 2 is 2.00 bits per heavy atom. The quantitative estimate of drug-likeness (QED) is 0.774. The number of carbonyl (C=O) groups is 1. The van der Waals surface area contributed by atoms with Gasteiger partial charge in [-0.05, 0) is 49.7 Å². The molecular weight excluding hydrogens is 298 g/mol. The van der Waals surface area contributed by atoms with Crippen molar-refractivity contribution in [1.82, 2.24) is 9.55 Å². The zero-order valence-electron chi connectivity index (χ0n) is 12.6. The first-order valence-electron chi connectivity index (χ1n) is 6.97. The molecule has 0 spiro atoms. The van der Waals surface area contributed by atoms with E-state index in [-0.39, 0.29) is 5.91 Å². The van der Waals surface area contributed by atoms with Crippen molar-refractivity contribution in [3.8, 4) is 0 Å². The first-order chi connectivity index (χ1) is 10.5. The van der Waals surface area contributed by atoms with Crippen LogP contribution in [0.1, 0.15) is 21.7 Å². The fraction of sp³-hybridized carbons (Fsp3) is 0.176. The molecule has 1 amide bonds. The zero-order valence-corrected chi connectivity index (χ0v) is 13.4. The van der Waals surface area contributed by atoms with Crippen molar-refractivity contribution in [1.29, 1.82) is 0 Å². The summed E-state index contributed by atoms with van der Waals surface area (Å²) in [7, 11) is 1.96. The van der Waals surface area contributed by atoms with Crippen LogP contribution in [0.15, 0.2) is 36.4 Å². The highest BCUT2D eigenvalue weighted by atomic mass is 35.5. The van der Waals surface area contributed by atoms with Crippen LogP contribution >= 0.6 is 11.6 Å². The molecule has 0 saturated heterocycles. The molecule has 0 unspecified atom stereocenters. The van der Waals surface area contributed by atoms with Gasteiger partial charge in [0.1, 0.15) is 5.82 Å². The molecule has 0 radical (unpaired) electrons. The Bertz CT molecular complexity index is 883. The van der Waals surface area contributed by atoms with Gasteiger partial charge in [-0.25, -0.2) is 4.98 Å². The van der Waals surface area contributed by atoms with Crippen molar-refractivity contribution in [2.75, 3.05) is 5.32 Å². The molecule has 0 aliphatic heterocycles. The zero-order chi connectivity index (χ0) is 15.9. The molecule has 3 aromatic rings. The monoisotopic (exact) mass is 313 g/mol. The Morgan fingerprint density at radius 3 is 2.77 bits per heavy atom. The van der Waals surface area contributed by atoms with Crippen molar-refractivity contribution in [3.05, 3.63) is 58.4 Å². The number of hydrogen-bond donors (Lipinski definition) is 1. The number of aryl methyl sites for hydroxylation is 2. The first kappa shape index (κ1) is 14.6. The van der Waals surface area contributed by atoms with Gasteiger partial charge in [-0.2, -0.15) is 0 Å². The van der Waals surface area contributed by atoms with Crippen molar-refractivity contribution in [3.63, 3.8) is 0 Å². The van der Waals surface area contributed by atoms with Crippen LogP contribution in [0.4, 0.5) is 5.69 Å². The van der Waals surface area contributed by atoms with Crippen LogP contribution in [0.2, 0.25) is 5.02 Å². The lowest BCUT2D eigenvalue weighted by Gasteiger charge is -2.09. The van der Waals surface area contributed by atoms with Crippen molar-refractivity contribution in [2.24, 2.45) is 7.05 Å². The summed E-state index contributed by atoms with van der Waals surface area (Å²) in [5.41, 5.74) is 3.97. The lowest BCUT2D eigenvalue weighted by atomic mass is 10.1. The van der Waals surface area contributed by atoms with Crippen LogP contribution in [-0.4, -0.2) is 15.5 Å². The normalized spacial score (nSPS) is 10.9. The second kappa shape index (κ2) is 5.46. The van der Waals surface area contributed by atoms with E-state index >= 15 is 0 Å². The summed E-state index contributed by atoms with van der Waals surface area (Å²) in [5.74, 6) is 0.744. The minimum Gasteiger partial charge on any atom is -0.331 e. The first-order valence-corrected chi connectivity index (χ1v) is 7.34. The minimum atomic E-state index is -0.171. The molecule has 0 saturated carbocycles. The van der Waals surface area contributed by atoms with Gasteiger partial charge in [-0.15, -0.1) is 0 Å². The number of benzene rings is 2. The molecule has 1 heterocycles. The lowest BCUT2D eigenvalue weighted by Crippen LogP contribution is -2.12. The Balaban J connectivity index is 1.93. The van der Waals surface area contributed by atoms with E-state index < -0.39 is 0 Å². The number of anilines is 1. The number of aromatic nitrogens is 2. The average Bonchev–Trinajstić information content (AvgIpc) is 2.78. The molecule has 0 atom stereocenters. The van der Waals surface area contributed by atoms with E-state index in [1.165, 1.54) is 0 Å². The number of imidazole rings is 1. The third kappa shape index (κ3) is 2.46. The second-order valence-electron chi connectivity index (χ2n) is 5.29. The maximum atomic E-state index is 12.4. The predicted octanol–water partition coefficient (Wildman–Crippen LogP) is 4.10. The number of nitrogens with zero attached hydrogens (tertiary/aromatic N) is 2. The summed E-state index contributed by atoms with van der Waals surface area (Å²) < 4.78 is 2.00. The van der Waals surface area contributed by atoms with Gasteiger partial charge in [0.15, 0.2) is 0 Å². The Labute approximate surface area is 133 Å². The smallest absolute Gasteiger partial charge is 0.255 e. The summed E-state index contributed by atoms with van der Waals surface area (Å²) in [4.78, 5) is 16.9. The molecule has 0 fully saturated rings. The van der Waals surface area contributed by atoms with Crippen LogP contribution in [0.3, 0.4) is 0 Å². The van der Waals surface area contributed by atoms with E-state index in [2.05, 4.69) is 10.3 Å². The predicted molar refractivity (Wildman–Crippen MR) is 89.6 cm³/mol. The second-order valence-corrected chi connectivity index (χ2v) is 5.70. The highest BCUT2D eigenvalue weighted by Crippen LogP contribution is 2.24. The largest absolute Gasteiger partial charge is 0.331 e. The molecular formula is C17H16ClN3O. The number of hydrogen-bond acceptors (Lipinski definition) is 2. The Kier molecular flexibility index (Phi) is 3.62. The van der Waals surface area contributed by atoms with Gasteiger partial charge in [0.25, 0.3) is 5.91 Å². The van der Waals surface area contributed by atoms with Crippen molar-refractivity contribution in [2.45, 2.75) is 13.8 Å². The van der Waals surface area contributed by atoms with E-state index in [1.54, 1.807) is 18.2 Å². The number of fused-ring (bicyclic) bond motifs is 1. The molecule has 5 heteroatoms. The molecule has 22 heavy (non-hydrogen) atoms. The highest BCUT2D eigenvalue weighted by Gasteiger charge is 2.12. The molecule has 4 nitrogen and oxygen atoms in total. The molecule has 2 aromatic carbocycles. The highest BCUT2D eigenvalue weighted by molar-refractivity contribution is 6.31. The summed E-state index contributed by atoms with van der Waals surface area (Å²) in [6.45, 7) is 3.82. The van der Waals surface area contributed by atoms with E-state index in [9.17, 15) is 4.79 Å². The van der Waals surface area contributed by atoms with Crippen molar-refractivity contribution < 1.29 is 4.79 Å². The van der Waals surface area contributed by atoms with E-state index in [0.717, 1.165) is 28.1 Å². The third-order valence-corrected chi connectivity index (χ3v) is 4.29. The summed E-state index contributed by atoms with van der Waals surface area (Å²) >= 11 is 6.08.